The highest BCUT2D eigenvalue weighted by Crippen LogP contribution is 2.08. The Kier molecular flexibility index (Phi) is 3.25. The molecule has 13 heavy (non-hydrogen) atoms. The lowest BCUT2D eigenvalue weighted by Gasteiger charge is -2.20. The normalized spacial score (nSPS) is 11.2. The summed E-state index contributed by atoms with van der Waals surface area (Å²) in [5, 5.41) is 9.02. The molecule has 0 atom stereocenters. The van der Waals surface area contributed by atoms with Crippen molar-refractivity contribution in [3.05, 3.63) is 24.0 Å². The number of hydrogen-bond donors (Lipinski definition) is 1. The largest absolute Gasteiger partial charge is 0.506 e. The number of aromatic nitrogens is 1. The van der Waals surface area contributed by atoms with Crippen LogP contribution in [-0.2, 0) is 6.54 Å². The molecule has 1 rings (SSSR count). The molecule has 72 valence electrons. The first-order valence-electron chi connectivity index (χ1n) is 4.43. The molecule has 0 unspecified atom stereocenters. The quantitative estimate of drug-likeness (QED) is 0.768. The molecule has 1 aromatic rings. The van der Waals surface area contributed by atoms with Crippen molar-refractivity contribution in [2.24, 2.45) is 0 Å². The van der Waals surface area contributed by atoms with Gasteiger partial charge in [-0.25, -0.2) is 0 Å². The van der Waals surface area contributed by atoms with E-state index in [4.69, 9.17) is 5.11 Å². The molecule has 0 amide bonds. The fraction of sp³-hybridized carbons (Fsp3) is 0.500. The fourth-order valence-corrected chi connectivity index (χ4v) is 0.948. The molecule has 3 heteroatoms. The van der Waals surface area contributed by atoms with Crippen LogP contribution in [0.4, 0.5) is 0 Å². The topological polar surface area (TPSA) is 36.4 Å². The van der Waals surface area contributed by atoms with Crippen LogP contribution in [0.2, 0.25) is 0 Å². The first kappa shape index (κ1) is 9.99. The molecular formula is C10H16N2O. The molecule has 0 saturated heterocycles. The summed E-state index contributed by atoms with van der Waals surface area (Å²) in [5.41, 5.74) is 0.981. The Bertz CT molecular complexity index is 256. The zero-order valence-corrected chi connectivity index (χ0v) is 8.36. The van der Waals surface area contributed by atoms with Crippen LogP contribution in [0.15, 0.2) is 18.3 Å². The summed E-state index contributed by atoms with van der Waals surface area (Å²) in [4.78, 5) is 6.30. The molecule has 0 spiro atoms. The first-order valence-corrected chi connectivity index (χ1v) is 4.43. The van der Waals surface area contributed by atoms with Gasteiger partial charge in [-0.2, -0.15) is 0 Å². The zero-order valence-electron chi connectivity index (χ0n) is 8.36. The fourth-order valence-electron chi connectivity index (χ4n) is 0.948. The van der Waals surface area contributed by atoms with Crippen LogP contribution in [0.5, 0.6) is 5.75 Å². The first-order chi connectivity index (χ1) is 6.09. The second kappa shape index (κ2) is 4.23. The molecule has 0 radical (unpaired) electrons. The Labute approximate surface area is 79.0 Å². The molecule has 3 nitrogen and oxygen atoms in total. The van der Waals surface area contributed by atoms with Crippen molar-refractivity contribution in [1.29, 1.82) is 0 Å². The third-order valence-electron chi connectivity index (χ3n) is 2.10. The van der Waals surface area contributed by atoms with Crippen LogP contribution >= 0.6 is 0 Å². The summed E-state index contributed by atoms with van der Waals surface area (Å²) in [6.07, 6.45) is 1.48. The Morgan fingerprint density at radius 2 is 2.15 bits per heavy atom. The molecule has 0 saturated carbocycles. The Balaban J connectivity index is 2.59. The Morgan fingerprint density at radius 1 is 1.46 bits per heavy atom. The van der Waals surface area contributed by atoms with Crippen molar-refractivity contribution in [1.82, 2.24) is 9.88 Å². The minimum absolute atomic E-state index is 0.218. The van der Waals surface area contributed by atoms with Crippen molar-refractivity contribution < 1.29 is 5.11 Å². The zero-order chi connectivity index (χ0) is 9.84. The van der Waals surface area contributed by atoms with E-state index >= 15 is 0 Å². The lowest BCUT2D eigenvalue weighted by molar-refractivity contribution is 0.262. The van der Waals surface area contributed by atoms with Crippen molar-refractivity contribution in [2.45, 2.75) is 26.4 Å². The van der Waals surface area contributed by atoms with Crippen LogP contribution < -0.4 is 0 Å². The predicted octanol–water partition coefficient (Wildman–Crippen LogP) is 1.63. The third kappa shape index (κ3) is 3.03. The van der Waals surface area contributed by atoms with E-state index in [1.807, 2.05) is 6.07 Å². The molecule has 1 aromatic heterocycles. The van der Waals surface area contributed by atoms with Gasteiger partial charge in [0, 0.05) is 12.6 Å². The maximum Gasteiger partial charge on any atom is 0.133 e. The number of rotatable bonds is 3. The molecular weight excluding hydrogens is 164 g/mol. The third-order valence-corrected chi connectivity index (χ3v) is 2.10. The monoisotopic (exact) mass is 180 g/mol. The second-order valence-electron chi connectivity index (χ2n) is 3.52. The van der Waals surface area contributed by atoms with E-state index in [1.165, 1.54) is 6.20 Å². The van der Waals surface area contributed by atoms with E-state index in [-0.39, 0.29) is 5.75 Å². The highest BCUT2D eigenvalue weighted by atomic mass is 16.3. The standard InChI is InChI=1S/C10H16N2O/c1-8(2)12(3)7-9-4-5-10(13)6-11-9/h4-6,8,13H,7H2,1-3H3. The van der Waals surface area contributed by atoms with E-state index in [0.717, 1.165) is 12.2 Å². The van der Waals surface area contributed by atoms with E-state index < -0.39 is 0 Å². The summed E-state index contributed by atoms with van der Waals surface area (Å²) in [6.45, 7) is 5.10. The summed E-state index contributed by atoms with van der Waals surface area (Å²) >= 11 is 0. The summed E-state index contributed by atoms with van der Waals surface area (Å²) < 4.78 is 0. The van der Waals surface area contributed by atoms with Gasteiger partial charge in [-0.05, 0) is 33.0 Å². The molecule has 0 aliphatic carbocycles. The van der Waals surface area contributed by atoms with Gasteiger partial charge < -0.3 is 5.11 Å². The average Bonchev–Trinajstić information content (AvgIpc) is 2.08. The number of aromatic hydroxyl groups is 1. The smallest absolute Gasteiger partial charge is 0.133 e. The van der Waals surface area contributed by atoms with E-state index in [9.17, 15) is 0 Å². The van der Waals surface area contributed by atoms with Gasteiger partial charge in [-0.1, -0.05) is 0 Å². The average molecular weight is 180 g/mol. The van der Waals surface area contributed by atoms with Gasteiger partial charge in [0.25, 0.3) is 0 Å². The van der Waals surface area contributed by atoms with Crippen molar-refractivity contribution in [3.63, 3.8) is 0 Å². The van der Waals surface area contributed by atoms with E-state index in [1.54, 1.807) is 6.07 Å². The minimum Gasteiger partial charge on any atom is -0.506 e. The molecule has 0 aliphatic heterocycles. The van der Waals surface area contributed by atoms with Crippen LogP contribution in [0.3, 0.4) is 0 Å². The summed E-state index contributed by atoms with van der Waals surface area (Å²) in [5.74, 6) is 0.218. The highest BCUT2D eigenvalue weighted by molar-refractivity contribution is 5.17. The van der Waals surface area contributed by atoms with Crippen molar-refractivity contribution in [2.75, 3.05) is 7.05 Å². The van der Waals surface area contributed by atoms with Gasteiger partial charge in [0.15, 0.2) is 0 Å². The maximum absolute atomic E-state index is 9.02. The maximum atomic E-state index is 9.02. The SMILES string of the molecule is CC(C)N(C)Cc1ccc(O)cn1. The summed E-state index contributed by atoms with van der Waals surface area (Å²) in [7, 11) is 2.05. The Morgan fingerprint density at radius 3 is 2.62 bits per heavy atom. The number of pyridine rings is 1. The van der Waals surface area contributed by atoms with Crippen molar-refractivity contribution in [3.8, 4) is 5.75 Å². The van der Waals surface area contributed by atoms with Gasteiger partial charge >= 0.3 is 0 Å². The Hall–Kier alpha value is -1.09. The predicted molar refractivity (Wildman–Crippen MR) is 52.5 cm³/mol. The molecule has 0 bridgehead atoms. The lowest BCUT2D eigenvalue weighted by atomic mass is 10.3. The summed E-state index contributed by atoms with van der Waals surface area (Å²) in [6, 6.07) is 4.01. The highest BCUT2D eigenvalue weighted by Gasteiger charge is 2.04. The molecule has 0 fully saturated rings. The van der Waals surface area contributed by atoms with Gasteiger partial charge in [-0.3, -0.25) is 9.88 Å². The van der Waals surface area contributed by atoms with Gasteiger partial charge in [0.05, 0.1) is 11.9 Å². The number of hydrogen-bond acceptors (Lipinski definition) is 3. The molecule has 1 heterocycles. The van der Waals surface area contributed by atoms with Gasteiger partial charge in [0.1, 0.15) is 5.75 Å². The van der Waals surface area contributed by atoms with Crippen LogP contribution in [-0.4, -0.2) is 28.1 Å². The van der Waals surface area contributed by atoms with E-state index in [2.05, 4.69) is 30.8 Å². The van der Waals surface area contributed by atoms with Gasteiger partial charge in [0.2, 0.25) is 0 Å². The number of nitrogens with zero attached hydrogens (tertiary/aromatic N) is 2. The van der Waals surface area contributed by atoms with Crippen LogP contribution in [0.25, 0.3) is 0 Å². The van der Waals surface area contributed by atoms with Crippen molar-refractivity contribution >= 4 is 0 Å². The lowest BCUT2D eigenvalue weighted by Crippen LogP contribution is -2.25. The molecule has 0 aromatic carbocycles. The minimum atomic E-state index is 0.218. The second-order valence-corrected chi connectivity index (χ2v) is 3.52. The van der Waals surface area contributed by atoms with Crippen LogP contribution in [0, 0.1) is 0 Å². The van der Waals surface area contributed by atoms with Crippen LogP contribution in [0.1, 0.15) is 19.5 Å². The molecule has 1 N–H and O–H groups in total. The molecule has 0 aliphatic rings. The van der Waals surface area contributed by atoms with E-state index in [0.29, 0.717) is 6.04 Å². The van der Waals surface area contributed by atoms with Gasteiger partial charge in [-0.15, -0.1) is 0 Å².